The molecule has 0 aliphatic carbocycles. The lowest BCUT2D eigenvalue weighted by Crippen LogP contribution is -2.40. The molecule has 0 aromatic rings. The Bertz CT molecular complexity index is 291. The fraction of sp³-hybridized carbons (Fsp3) is 0.867. The van der Waals surface area contributed by atoms with Crippen molar-refractivity contribution < 1.29 is 9.90 Å². The molecule has 0 saturated heterocycles. The molecule has 0 fully saturated rings. The highest BCUT2D eigenvalue weighted by Gasteiger charge is 2.36. The van der Waals surface area contributed by atoms with E-state index in [1.807, 2.05) is 20.8 Å². The van der Waals surface area contributed by atoms with Crippen LogP contribution < -0.4 is 5.32 Å². The molecule has 2 N–H and O–H groups in total. The summed E-state index contributed by atoms with van der Waals surface area (Å²) < 4.78 is 0. The molecule has 0 aliphatic heterocycles. The molecule has 1 atom stereocenters. The second-order valence-electron chi connectivity index (χ2n) is 5.38. The van der Waals surface area contributed by atoms with Crippen molar-refractivity contribution in [3.63, 3.8) is 0 Å². The second kappa shape index (κ2) is 9.80. The lowest BCUT2D eigenvalue weighted by molar-refractivity contribution is -0.128. The third-order valence-corrected chi connectivity index (χ3v) is 3.47. The Kier molecular flexibility index (Phi) is 9.24. The number of aliphatic hydroxyl groups is 1. The molecule has 1 amide bonds. The van der Waals surface area contributed by atoms with Gasteiger partial charge in [-0.3, -0.25) is 4.79 Å². The first kappa shape index (κ1) is 17.9. The van der Waals surface area contributed by atoms with E-state index < -0.39 is 5.41 Å². The summed E-state index contributed by atoms with van der Waals surface area (Å²) in [5.74, 6) is 0.138. The average Bonchev–Trinajstić information content (AvgIpc) is 2.42. The van der Waals surface area contributed by atoms with Crippen molar-refractivity contribution in [2.45, 2.75) is 59.3 Å². The predicted molar refractivity (Wildman–Crippen MR) is 76.4 cm³/mol. The normalized spacial score (nSPS) is 12.8. The minimum atomic E-state index is -0.855. The van der Waals surface area contributed by atoms with Gasteiger partial charge in [-0.2, -0.15) is 5.26 Å². The highest BCUT2D eigenvalue weighted by atomic mass is 16.3. The number of nitrogens with one attached hydrogen (secondary N) is 1. The van der Waals surface area contributed by atoms with Crippen LogP contribution in [0.25, 0.3) is 0 Å². The van der Waals surface area contributed by atoms with Crippen molar-refractivity contribution in [2.75, 3.05) is 13.2 Å². The van der Waals surface area contributed by atoms with Gasteiger partial charge in [-0.05, 0) is 31.6 Å². The Morgan fingerprint density at radius 1 is 1.37 bits per heavy atom. The van der Waals surface area contributed by atoms with Gasteiger partial charge in [0.1, 0.15) is 5.41 Å². The topological polar surface area (TPSA) is 73.1 Å². The highest BCUT2D eigenvalue weighted by molar-refractivity contribution is 5.85. The Hall–Kier alpha value is -1.08. The van der Waals surface area contributed by atoms with Gasteiger partial charge in [-0.15, -0.1) is 0 Å². The highest BCUT2D eigenvalue weighted by Crippen LogP contribution is 2.29. The van der Waals surface area contributed by atoms with E-state index in [4.69, 9.17) is 5.11 Å². The molecule has 0 aromatic carbocycles. The summed E-state index contributed by atoms with van der Waals surface area (Å²) in [6.07, 6.45) is 4.64. The smallest absolute Gasteiger partial charge is 0.240 e. The summed E-state index contributed by atoms with van der Waals surface area (Å²) in [6, 6.07) is 2.23. The van der Waals surface area contributed by atoms with Crippen LogP contribution in [0.1, 0.15) is 59.3 Å². The van der Waals surface area contributed by atoms with Crippen molar-refractivity contribution in [1.29, 1.82) is 5.26 Å². The molecular weight excluding hydrogens is 240 g/mol. The molecule has 0 aliphatic rings. The van der Waals surface area contributed by atoms with E-state index in [1.54, 1.807) is 0 Å². The van der Waals surface area contributed by atoms with Gasteiger partial charge < -0.3 is 10.4 Å². The van der Waals surface area contributed by atoms with Crippen LogP contribution in [-0.4, -0.2) is 24.2 Å². The Morgan fingerprint density at radius 2 is 1.95 bits per heavy atom. The van der Waals surface area contributed by atoms with Crippen LogP contribution in [0.3, 0.4) is 0 Å². The van der Waals surface area contributed by atoms with E-state index in [2.05, 4.69) is 11.4 Å². The van der Waals surface area contributed by atoms with E-state index >= 15 is 0 Å². The number of nitriles is 1. The first-order valence-electron chi connectivity index (χ1n) is 7.36. The van der Waals surface area contributed by atoms with Crippen LogP contribution in [0.4, 0.5) is 0 Å². The van der Waals surface area contributed by atoms with Crippen LogP contribution in [0.2, 0.25) is 0 Å². The summed E-state index contributed by atoms with van der Waals surface area (Å²) in [6.45, 7) is 6.74. The molecule has 0 saturated carbocycles. The number of hydrogen-bond acceptors (Lipinski definition) is 3. The van der Waals surface area contributed by atoms with Crippen molar-refractivity contribution in [3.8, 4) is 6.07 Å². The summed E-state index contributed by atoms with van der Waals surface area (Å²) in [5, 5.41) is 21.1. The number of hydrogen-bond donors (Lipinski definition) is 2. The lowest BCUT2D eigenvalue weighted by Gasteiger charge is -2.24. The number of carbonyl (C=O) groups is 1. The lowest BCUT2D eigenvalue weighted by atomic mass is 9.80. The van der Waals surface area contributed by atoms with Gasteiger partial charge in [0.15, 0.2) is 0 Å². The number of rotatable bonds is 10. The summed E-state index contributed by atoms with van der Waals surface area (Å²) in [5.41, 5.74) is -0.855. The average molecular weight is 268 g/mol. The Morgan fingerprint density at radius 3 is 2.37 bits per heavy atom. The summed E-state index contributed by atoms with van der Waals surface area (Å²) in [7, 11) is 0. The third kappa shape index (κ3) is 6.07. The predicted octanol–water partition coefficient (Wildman–Crippen LogP) is 2.62. The maximum absolute atomic E-state index is 12.2. The van der Waals surface area contributed by atoms with Crippen molar-refractivity contribution in [2.24, 2.45) is 11.3 Å². The Labute approximate surface area is 117 Å². The van der Waals surface area contributed by atoms with Crippen LogP contribution in [0.15, 0.2) is 0 Å². The number of amides is 1. The van der Waals surface area contributed by atoms with E-state index in [9.17, 15) is 10.1 Å². The standard InChI is InChI=1S/C15H28N2O2/c1-4-8-15(12-16,9-5-2)14(19)17-10-6-7-13(3)11-18/h13,18H,4-11H2,1-3H3,(H,17,19). The maximum atomic E-state index is 12.2. The molecule has 0 aromatic heterocycles. The summed E-state index contributed by atoms with van der Waals surface area (Å²) >= 11 is 0. The van der Waals surface area contributed by atoms with Gasteiger partial charge in [0.25, 0.3) is 0 Å². The number of nitrogens with zero attached hydrogens (tertiary/aromatic N) is 1. The van der Waals surface area contributed by atoms with Crippen LogP contribution in [0.5, 0.6) is 0 Å². The zero-order valence-corrected chi connectivity index (χ0v) is 12.5. The van der Waals surface area contributed by atoms with Gasteiger partial charge >= 0.3 is 0 Å². The fourth-order valence-electron chi connectivity index (χ4n) is 2.28. The minimum absolute atomic E-state index is 0.129. The maximum Gasteiger partial charge on any atom is 0.240 e. The zero-order chi connectivity index (χ0) is 14.7. The zero-order valence-electron chi connectivity index (χ0n) is 12.5. The first-order valence-corrected chi connectivity index (χ1v) is 7.36. The van der Waals surface area contributed by atoms with E-state index in [-0.39, 0.29) is 18.4 Å². The van der Waals surface area contributed by atoms with E-state index in [1.165, 1.54) is 0 Å². The summed E-state index contributed by atoms with van der Waals surface area (Å²) in [4.78, 5) is 12.2. The van der Waals surface area contributed by atoms with E-state index in [0.717, 1.165) is 25.7 Å². The monoisotopic (exact) mass is 268 g/mol. The molecule has 0 rings (SSSR count). The number of aliphatic hydroxyl groups excluding tert-OH is 1. The van der Waals surface area contributed by atoms with Gasteiger partial charge in [0.2, 0.25) is 5.91 Å². The molecule has 1 unspecified atom stereocenters. The molecule has 0 radical (unpaired) electrons. The van der Waals surface area contributed by atoms with Gasteiger partial charge in [0, 0.05) is 13.2 Å². The SMILES string of the molecule is CCCC(C#N)(CCC)C(=O)NCCCC(C)CO. The van der Waals surface area contributed by atoms with Crippen LogP contribution in [-0.2, 0) is 4.79 Å². The fourth-order valence-corrected chi connectivity index (χ4v) is 2.28. The van der Waals surface area contributed by atoms with E-state index in [0.29, 0.717) is 19.4 Å². The van der Waals surface area contributed by atoms with Crippen LogP contribution in [0, 0.1) is 22.7 Å². The minimum Gasteiger partial charge on any atom is -0.396 e. The quantitative estimate of drug-likeness (QED) is 0.598. The second-order valence-corrected chi connectivity index (χ2v) is 5.38. The van der Waals surface area contributed by atoms with Gasteiger partial charge in [0.05, 0.1) is 6.07 Å². The largest absolute Gasteiger partial charge is 0.396 e. The van der Waals surface area contributed by atoms with Crippen molar-refractivity contribution in [1.82, 2.24) is 5.32 Å². The Balaban J connectivity index is 4.30. The van der Waals surface area contributed by atoms with Crippen molar-refractivity contribution >= 4 is 5.91 Å². The third-order valence-electron chi connectivity index (χ3n) is 3.47. The van der Waals surface area contributed by atoms with Crippen LogP contribution >= 0.6 is 0 Å². The number of carbonyl (C=O) groups excluding carboxylic acids is 1. The molecular formula is C15H28N2O2. The molecule has 0 heterocycles. The molecule has 4 nitrogen and oxygen atoms in total. The molecule has 19 heavy (non-hydrogen) atoms. The van der Waals surface area contributed by atoms with Gasteiger partial charge in [-0.1, -0.05) is 33.6 Å². The molecule has 4 heteroatoms. The first-order chi connectivity index (χ1) is 9.06. The molecule has 0 spiro atoms. The molecule has 110 valence electrons. The van der Waals surface area contributed by atoms with Gasteiger partial charge in [-0.25, -0.2) is 0 Å². The molecule has 0 bridgehead atoms. The van der Waals surface area contributed by atoms with Crippen molar-refractivity contribution in [3.05, 3.63) is 0 Å².